The Morgan fingerprint density at radius 2 is 2.26 bits per heavy atom. The SMILES string of the molecule is Cc1cccc(OCCCN2CCC(N)C(C)C2)c1. The number of nitrogens with two attached hydrogens (primary N) is 1. The van der Waals surface area contributed by atoms with E-state index in [2.05, 4.69) is 30.9 Å². The van der Waals surface area contributed by atoms with Gasteiger partial charge in [0.15, 0.2) is 0 Å². The van der Waals surface area contributed by atoms with Crippen LogP contribution in [0.2, 0.25) is 0 Å². The molecule has 106 valence electrons. The summed E-state index contributed by atoms with van der Waals surface area (Å²) >= 11 is 0. The van der Waals surface area contributed by atoms with E-state index in [0.717, 1.165) is 44.8 Å². The van der Waals surface area contributed by atoms with Crippen molar-refractivity contribution in [2.75, 3.05) is 26.2 Å². The van der Waals surface area contributed by atoms with Crippen LogP contribution in [0.25, 0.3) is 0 Å². The Morgan fingerprint density at radius 1 is 1.42 bits per heavy atom. The second-order valence-corrected chi connectivity index (χ2v) is 5.75. The Bertz CT molecular complexity index is 394. The van der Waals surface area contributed by atoms with Gasteiger partial charge in [0.05, 0.1) is 6.61 Å². The van der Waals surface area contributed by atoms with Crippen molar-refractivity contribution in [3.63, 3.8) is 0 Å². The molecular formula is C16H26N2O. The third-order valence-corrected chi connectivity index (χ3v) is 3.93. The van der Waals surface area contributed by atoms with E-state index in [0.29, 0.717) is 12.0 Å². The standard InChI is InChI=1S/C16H26N2O/c1-13-5-3-6-15(11-13)19-10-4-8-18-9-7-16(17)14(2)12-18/h3,5-6,11,14,16H,4,7-10,12,17H2,1-2H3. The van der Waals surface area contributed by atoms with E-state index in [1.165, 1.54) is 5.56 Å². The van der Waals surface area contributed by atoms with E-state index < -0.39 is 0 Å². The second-order valence-electron chi connectivity index (χ2n) is 5.75. The first-order chi connectivity index (χ1) is 9.15. The molecule has 0 bridgehead atoms. The molecule has 2 atom stereocenters. The van der Waals surface area contributed by atoms with Gasteiger partial charge in [0.1, 0.15) is 5.75 Å². The van der Waals surface area contributed by atoms with Crippen molar-refractivity contribution in [3.8, 4) is 5.75 Å². The van der Waals surface area contributed by atoms with Crippen LogP contribution in [0.15, 0.2) is 24.3 Å². The summed E-state index contributed by atoms with van der Waals surface area (Å²) in [5.41, 5.74) is 7.28. The summed E-state index contributed by atoms with van der Waals surface area (Å²) in [7, 11) is 0. The summed E-state index contributed by atoms with van der Waals surface area (Å²) in [5, 5.41) is 0. The van der Waals surface area contributed by atoms with Crippen LogP contribution in [0.4, 0.5) is 0 Å². The molecule has 0 aliphatic carbocycles. The lowest BCUT2D eigenvalue weighted by Crippen LogP contribution is -2.46. The summed E-state index contributed by atoms with van der Waals surface area (Å²) in [5.74, 6) is 1.60. The molecule has 0 spiro atoms. The van der Waals surface area contributed by atoms with Crippen molar-refractivity contribution in [1.82, 2.24) is 4.90 Å². The predicted octanol–water partition coefficient (Wildman–Crippen LogP) is 2.43. The first-order valence-corrected chi connectivity index (χ1v) is 7.32. The predicted molar refractivity (Wildman–Crippen MR) is 79.5 cm³/mol. The zero-order chi connectivity index (χ0) is 13.7. The van der Waals surface area contributed by atoms with E-state index in [1.54, 1.807) is 0 Å². The molecule has 1 aliphatic rings. The lowest BCUT2D eigenvalue weighted by molar-refractivity contribution is 0.154. The Hall–Kier alpha value is -1.06. The average Bonchev–Trinajstić information content (AvgIpc) is 2.39. The van der Waals surface area contributed by atoms with Gasteiger partial charge in [-0.25, -0.2) is 0 Å². The fraction of sp³-hybridized carbons (Fsp3) is 0.625. The van der Waals surface area contributed by atoms with Gasteiger partial charge in [0.25, 0.3) is 0 Å². The topological polar surface area (TPSA) is 38.5 Å². The summed E-state index contributed by atoms with van der Waals surface area (Å²) in [6.07, 6.45) is 2.20. The van der Waals surface area contributed by atoms with Gasteiger partial charge in [-0.05, 0) is 49.9 Å². The highest BCUT2D eigenvalue weighted by molar-refractivity contribution is 5.27. The molecule has 1 saturated heterocycles. The normalized spacial score (nSPS) is 24.4. The number of piperidine rings is 1. The molecule has 3 heteroatoms. The Balaban J connectivity index is 1.64. The molecule has 3 nitrogen and oxygen atoms in total. The summed E-state index contributed by atoms with van der Waals surface area (Å²) in [6.45, 7) is 8.51. The van der Waals surface area contributed by atoms with Crippen LogP contribution in [0.3, 0.4) is 0 Å². The zero-order valence-corrected chi connectivity index (χ0v) is 12.1. The Labute approximate surface area is 116 Å². The molecule has 2 rings (SSSR count). The van der Waals surface area contributed by atoms with E-state index >= 15 is 0 Å². The van der Waals surface area contributed by atoms with Gasteiger partial charge >= 0.3 is 0 Å². The highest BCUT2D eigenvalue weighted by Gasteiger charge is 2.22. The van der Waals surface area contributed by atoms with Crippen molar-refractivity contribution in [2.24, 2.45) is 11.7 Å². The highest BCUT2D eigenvalue weighted by Crippen LogP contribution is 2.15. The van der Waals surface area contributed by atoms with Crippen LogP contribution >= 0.6 is 0 Å². The maximum absolute atomic E-state index is 6.03. The van der Waals surface area contributed by atoms with Crippen LogP contribution in [-0.2, 0) is 0 Å². The second kappa shape index (κ2) is 6.92. The van der Waals surface area contributed by atoms with Gasteiger partial charge in [0.2, 0.25) is 0 Å². The minimum absolute atomic E-state index is 0.389. The molecule has 0 aromatic heterocycles. The fourth-order valence-corrected chi connectivity index (χ4v) is 2.64. The van der Waals surface area contributed by atoms with Crippen molar-refractivity contribution < 1.29 is 4.74 Å². The third kappa shape index (κ3) is 4.51. The van der Waals surface area contributed by atoms with E-state index in [-0.39, 0.29) is 0 Å². The highest BCUT2D eigenvalue weighted by atomic mass is 16.5. The Kier molecular flexibility index (Phi) is 5.23. The Morgan fingerprint density at radius 3 is 3.00 bits per heavy atom. The van der Waals surface area contributed by atoms with Crippen molar-refractivity contribution in [1.29, 1.82) is 0 Å². The van der Waals surface area contributed by atoms with Crippen LogP contribution in [0.1, 0.15) is 25.3 Å². The summed E-state index contributed by atoms with van der Waals surface area (Å²) in [6, 6.07) is 8.63. The van der Waals surface area contributed by atoms with E-state index in [4.69, 9.17) is 10.5 Å². The molecule has 0 saturated carbocycles. The molecule has 1 aromatic carbocycles. The molecular weight excluding hydrogens is 236 g/mol. The van der Waals surface area contributed by atoms with Gasteiger partial charge in [0, 0.05) is 19.1 Å². The van der Waals surface area contributed by atoms with Crippen molar-refractivity contribution in [2.45, 2.75) is 32.7 Å². The fourth-order valence-electron chi connectivity index (χ4n) is 2.64. The molecule has 19 heavy (non-hydrogen) atoms. The van der Waals surface area contributed by atoms with Gasteiger partial charge in [-0.15, -0.1) is 0 Å². The lowest BCUT2D eigenvalue weighted by Gasteiger charge is -2.35. The van der Waals surface area contributed by atoms with E-state index in [1.807, 2.05) is 12.1 Å². The van der Waals surface area contributed by atoms with Gasteiger partial charge in [-0.3, -0.25) is 0 Å². The summed E-state index contributed by atoms with van der Waals surface area (Å²) < 4.78 is 5.77. The van der Waals surface area contributed by atoms with Gasteiger partial charge in [-0.2, -0.15) is 0 Å². The van der Waals surface area contributed by atoms with Gasteiger partial charge < -0.3 is 15.4 Å². The molecule has 1 fully saturated rings. The van der Waals surface area contributed by atoms with Crippen molar-refractivity contribution >= 4 is 0 Å². The number of hydrogen-bond acceptors (Lipinski definition) is 3. The quantitative estimate of drug-likeness (QED) is 0.828. The third-order valence-electron chi connectivity index (χ3n) is 3.93. The van der Waals surface area contributed by atoms with Crippen LogP contribution in [0, 0.1) is 12.8 Å². The molecule has 2 unspecified atom stereocenters. The first kappa shape index (κ1) is 14.4. The van der Waals surface area contributed by atoms with Crippen LogP contribution in [0.5, 0.6) is 5.75 Å². The van der Waals surface area contributed by atoms with Crippen LogP contribution < -0.4 is 10.5 Å². The molecule has 1 aromatic rings. The number of rotatable bonds is 5. The molecule has 0 amide bonds. The zero-order valence-electron chi connectivity index (χ0n) is 12.1. The maximum atomic E-state index is 6.03. The van der Waals surface area contributed by atoms with Crippen molar-refractivity contribution in [3.05, 3.63) is 29.8 Å². The first-order valence-electron chi connectivity index (χ1n) is 7.32. The average molecular weight is 262 g/mol. The summed E-state index contributed by atoms with van der Waals surface area (Å²) in [4.78, 5) is 2.51. The smallest absolute Gasteiger partial charge is 0.119 e. The number of aryl methyl sites for hydroxylation is 1. The monoisotopic (exact) mass is 262 g/mol. The number of ether oxygens (including phenoxy) is 1. The number of nitrogens with zero attached hydrogens (tertiary/aromatic N) is 1. The molecule has 1 heterocycles. The number of benzene rings is 1. The minimum atomic E-state index is 0.389. The number of likely N-dealkylation sites (tertiary alicyclic amines) is 1. The molecule has 0 radical (unpaired) electrons. The lowest BCUT2D eigenvalue weighted by atomic mass is 9.95. The number of hydrogen-bond donors (Lipinski definition) is 1. The minimum Gasteiger partial charge on any atom is -0.494 e. The van der Waals surface area contributed by atoms with Gasteiger partial charge in [-0.1, -0.05) is 19.1 Å². The molecule has 1 aliphatic heterocycles. The maximum Gasteiger partial charge on any atom is 0.119 e. The largest absolute Gasteiger partial charge is 0.494 e. The molecule has 2 N–H and O–H groups in total. The van der Waals surface area contributed by atoms with E-state index in [9.17, 15) is 0 Å². The van der Waals surface area contributed by atoms with Crippen LogP contribution in [-0.4, -0.2) is 37.2 Å².